The molecule has 0 fully saturated rings. The SMILES string of the molecule is Fc1ccccc1NC(=S)Nc1c(F)c(F)cc(F)c1F. The third kappa shape index (κ3) is 3.27. The van der Waals surface area contributed by atoms with Gasteiger partial charge in [0.1, 0.15) is 11.5 Å². The normalized spacial score (nSPS) is 10.3. The van der Waals surface area contributed by atoms with Gasteiger partial charge in [-0.3, -0.25) is 0 Å². The molecule has 0 radical (unpaired) electrons. The number of nitrogens with one attached hydrogen (secondary N) is 2. The first kappa shape index (κ1) is 15.2. The minimum atomic E-state index is -1.63. The van der Waals surface area contributed by atoms with Gasteiger partial charge in [-0.2, -0.15) is 0 Å². The molecule has 0 aliphatic rings. The van der Waals surface area contributed by atoms with Crippen LogP contribution in [0.3, 0.4) is 0 Å². The molecule has 8 heteroatoms. The first-order chi connectivity index (χ1) is 9.90. The average Bonchev–Trinajstić information content (AvgIpc) is 2.44. The number of hydrogen-bond acceptors (Lipinski definition) is 1. The predicted molar refractivity (Wildman–Crippen MR) is 72.5 cm³/mol. The van der Waals surface area contributed by atoms with Crippen molar-refractivity contribution in [1.29, 1.82) is 0 Å². The summed E-state index contributed by atoms with van der Waals surface area (Å²) in [6.45, 7) is 0. The van der Waals surface area contributed by atoms with Crippen molar-refractivity contribution in [3.05, 3.63) is 59.4 Å². The number of anilines is 2. The lowest BCUT2D eigenvalue weighted by molar-refractivity contribution is 0.459. The van der Waals surface area contributed by atoms with E-state index in [4.69, 9.17) is 12.2 Å². The Kier molecular flexibility index (Phi) is 4.37. The van der Waals surface area contributed by atoms with Crippen LogP contribution in [0.15, 0.2) is 30.3 Å². The van der Waals surface area contributed by atoms with Crippen molar-refractivity contribution < 1.29 is 22.0 Å². The van der Waals surface area contributed by atoms with E-state index < -0.39 is 39.9 Å². The Hall–Kier alpha value is -2.22. The summed E-state index contributed by atoms with van der Waals surface area (Å²) in [6.07, 6.45) is 0. The summed E-state index contributed by atoms with van der Waals surface area (Å²) in [5, 5.41) is 3.85. The molecule has 2 aromatic rings. The van der Waals surface area contributed by atoms with Gasteiger partial charge < -0.3 is 10.6 Å². The van der Waals surface area contributed by atoms with E-state index in [2.05, 4.69) is 5.32 Å². The average molecular weight is 318 g/mol. The van der Waals surface area contributed by atoms with E-state index in [0.29, 0.717) is 0 Å². The molecule has 2 rings (SSSR count). The summed E-state index contributed by atoms with van der Waals surface area (Å²) in [5.74, 6) is -7.08. The summed E-state index contributed by atoms with van der Waals surface area (Å²) < 4.78 is 66.2. The minimum absolute atomic E-state index is 0.0623. The van der Waals surface area contributed by atoms with Crippen molar-refractivity contribution in [2.45, 2.75) is 0 Å². The van der Waals surface area contributed by atoms with Crippen molar-refractivity contribution in [3.63, 3.8) is 0 Å². The number of halogens is 5. The molecule has 0 atom stereocenters. The van der Waals surface area contributed by atoms with Gasteiger partial charge in [0.25, 0.3) is 0 Å². The third-order valence-electron chi connectivity index (χ3n) is 2.47. The molecule has 0 amide bonds. The topological polar surface area (TPSA) is 24.1 Å². The zero-order chi connectivity index (χ0) is 15.6. The smallest absolute Gasteiger partial charge is 0.185 e. The Bertz CT molecular complexity index is 679. The maximum absolute atomic E-state index is 13.4. The van der Waals surface area contributed by atoms with Crippen LogP contribution in [0.1, 0.15) is 0 Å². The van der Waals surface area contributed by atoms with Gasteiger partial charge in [-0.25, -0.2) is 22.0 Å². The van der Waals surface area contributed by atoms with Gasteiger partial charge in [0, 0.05) is 6.07 Å². The van der Waals surface area contributed by atoms with Crippen LogP contribution in [0.25, 0.3) is 0 Å². The summed E-state index contributed by atoms with van der Waals surface area (Å²) >= 11 is 4.72. The van der Waals surface area contributed by atoms with Gasteiger partial charge >= 0.3 is 0 Å². The molecule has 0 aliphatic heterocycles. The molecule has 0 aromatic heterocycles. The van der Waals surface area contributed by atoms with Crippen LogP contribution in [-0.4, -0.2) is 5.11 Å². The van der Waals surface area contributed by atoms with Gasteiger partial charge in [-0.15, -0.1) is 0 Å². The van der Waals surface area contributed by atoms with Gasteiger partial charge in [-0.1, -0.05) is 12.1 Å². The third-order valence-corrected chi connectivity index (χ3v) is 2.68. The van der Waals surface area contributed by atoms with Crippen molar-refractivity contribution in [2.24, 2.45) is 0 Å². The van der Waals surface area contributed by atoms with E-state index in [-0.39, 0.29) is 11.8 Å². The minimum Gasteiger partial charge on any atom is -0.330 e. The number of benzene rings is 2. The first-order valence-corrected chi connectivity index (χ1v) is 5.96. The standard InChI is InChI=1S/C13H7F5N2S/c14-6-3-1-2-4-9(6)19-13(21)20-12-10(17)7(15)5-8(16)11(12)18/h1-5H,(H2,19,20,21). The molecule has 0 bridgehead atoms. The van der Waals surface area contributed by atoms with Crippen LogP contribution in [0.2, 0.25) is 0 Å². The number of rotatable bonds is 2. The van der Waals surface area contributed by atoms with E-state index >= 15 is 0 Å². The fraction of sp³-hybridized carbons (Fsp3) is 0. The molecule has 110 valence electrons. The Morgan fingerprint density at radius 3 is 1.95 bits per heavy atom. The van der Waals surface area contributed by atoms with Crippen LogP contribution in [0, 0.1) is 29.1 Å². The van der Waals surface area contributed by atoms with Gasteiger partial charge in [0.2, 0.25) is 0 Å². The highest BCUT2D eigenvalue weighted by molar-refractivity contribution is 7.80. The fourth-order valence-electron chi connectivity index (χ4n) is 1.51. The molecule has 2 N–H and O–H groups in total. The zero-order valence-electron chi connectivity index (χ0n) is 10.2. The Labute approximate surface area is 121 Å². The number of thiocarbonyl (C=S) groups is 1. The summed E-state index contributed by atoms with van der Waals surface area (Å²) in [6, 6.07) is 5.45. The molecule has 0 unspecified atom stereocenters. The highest BCUT2D eigenvalue weighted by atomic mass is 32.1. The molecule has 0 heterocycles. The van der Waals surface area contributed by atoms with Crippen molar-refractivity contribution >= 4 is 28.7 Å². The van der Waals surface area contributed by atoms with Gasteiger partial charge in [0.05, 0.1) is 5.69 Å². The lowest BCUT2D eigenvalue weighted by Gasteiger charge is -2.13. The fourth-order valence-corrected chi connectivity index (χ4v) is 1.72. The highest BCUT2D eigenvalue weighted by Crippen LogP contribution is 2.24. The molecule has 0 spiro atoms. The summed E-state index contributed by atoms with van der Waals surface area (Å²) in [4.78, 5) is 0. The quantitative estimate of drug-likeness (QED) is 0.493. The molecule has 21 heavy (non-hydrogen) atoms. The Balaban J connectivity index is 2.23. The molecule has 2 nitrogen and oxygen atoms in total. The largest absolute Gasteiger partial charge is 0.330 e. The van der Waals surface area contributed by atoms with E-state index in [1.807, 2.05) is 5.32 Å². The van der Waals surface area contributed by atoms with E-state index in [1.165, 1.54) is 18.2 Å². The molecule has 2 aromatic carbocycles. The van der Waals surface area contributed by atoms with Gasteiger partial charge in [0.15, 0.2) is 28.4 Å². The van der Waals surface area contributed by atoms with Crippen LogP contribution >= 0.6 is 12.2 Å². The predicted octanol–water partition coefficient (Wildman–Crippen LogP) is 4.19. The second-order valence-electron chi connectivity index (χ2n) is 3.90. The first-order valence-electron chi connectivity index (χ1n) is 5.55. The van der Waals surface area contributed by atoms with Crippen LogP contribution in [0.4, 0.5) is 33.3 Å². The zero-order valence-corrected chi connectivity index (χ0v) is 11.0. The second-order valence-corrected chi connectivity index (χ2v) is 4.31. The Morgan fingerprint density at radius 1 is 0.810 bits per heavy atom. The van der Waals surface area contributed by atoms with Gasteiger partial charge in [-0.05, 0) is 24.4 Å². The monoisotopic (exact) mass is 318 g/mol. The Morgan fingerprint density at radius 2 is 1.38 bits per heavy atom. The van der Waals surface area contributed by atoms with Crippen LogP contribution in [0.5, 0.6) is 0 Å². The lowest BCUT2D eigenvalue weighted by atomic mass is 10.2. The van der Waals surface area contributed by atoms with E-state index in [1.54, 1.807) is 0 Å². The van der Waals surface area contributed by atoms with Crippen molar-refractivity contribution in [2.75, 3.05) is 10.6 Å². The highest BCUT2D eigenvalue weighted by Gasteiger charge is 2.20. The molecule has 0 saturated heterocycles. The molecule has 0 aliphatic carbocycles. The maximum Gasteiger partial charge on any atom is 0.185 e. The van der Waals surface area contributed by atoms with E-state index in [9.17, 15) is 22.0 Å². The number of para-hydroxylation sites is 1. The molecule has 0 saturated carbocycles. The number of hydrogen-bond donors (Lipinski definition) is 2. The van der Waals surface area contributed by atoms with Crippen LogP contribution < -0.4 is 10.6 Å². The summed E-state index contributed by atoms with van der Waals surface area (Å²) in [5.41, 5.74) is -1.16. The van der Waals surface area contributed by atoms with Crippen LogP contribution in [-0.2, 0) is 0 Å². The lowest BCUT2D eigenvalue weighted by Crippen LogP contribution is -2.22. The summed E-state index contributed by atoms with van der Waals surface area (Å²) in [7, 11) is 0. The molecular weight excluding hydrogens is 311 g/mol. The maximum atomic E-state index is 13.4. The molecular formula is C13H7F5N2S. The van der Waals surface area contributed by atoms with Crippen molar-refractivity contribution in [1.82, 2.24) is 0 Å². The van der Waals surface area contributed by atoms with Crippen molar-refractivity contribution in [3.8, 4) is 0 Å². The van der Waals surface area contributed by atoms with E-state index in [0.717, 1.165) is 6.07 Å². The second kappa shape index (κ2) is 6.04.